The number of hydrogen-bond acceptors (Lipinski definition) is 3. The normalized spacial score (nSPS) is 16.9. The van der Waals surface area contributed by atoms with Crippen molar-refractivity contribution in [1.82, 2.24) is 15.5 Å². The molecule has 5 heteroatoms. The van der Waals surface area contributed by atoms with Gasteiger partial charge in [0.25, 0.3) is 0 Å². The minimum atomic E-state index is 0.0668. The Morgan fingerprint density at radius 2 is 2.23 bits per heavy atom. The van der Waals surface area contributed by atoms with E-state index in [9.17, 15) is 4.79 Å². The van der Waals surface area contributed by atoms with Gasteiger partial charge in [0.1, 0.15) is 5.75 Å². The summed E-state index contributed by atoms with van der Waals surface area (Å²) in [5.74, 6) is 0.905. The van der Waals surface area contributed by atoms with Crippen molar-refractivity contribution < 1.29 is 9.53 Å². The number of carbonyl (C=O) groups is 1. The van der Waals surface area contributed by atoms with Crippen molar-refractivity contribution in [3.8, 4) is 5.75 Å². The van der Waals surface area contributed by atoms with Crippen LogP contribution in [0.5, 0.6) is 5.75 Å². The Kier molecular flexibility index (Phi) is 4.42. The van der Waals surface area contributed by atoms with Crippen molar-refractivity contribution in [3.05, 3.63) is 47.3 Å². The molecule has 1 aromatic heterocycles. The van der Waals surface area contributed by atoms with E-state index < -0.39 is 0 Å². The van der Waals surface area contributed by atoms with Crippen LogP contribution in [-0.2, 0) is 24.1 Å². The van der Waals surface area contributed by atoms with Crippen LogP contribution >= 0.6 is 0 Å². The molecule has 22 heavy (non-hydrogen) atoms. The van der Waals surface area contributed by atoms with Gasteiger partial charge in [0.15, 0.2) is 0 Å². The van der Waals surface area contributed by atoms with Crippen LogP contribution in [0.25, 0.3) is 0 Å². The lowest BCUT2D eigenvalue weighted by molar-refractivity contribution is -0.121. The molecule has 1 aliphatic rings. The number of benzene rings is 1. The van der Waals surface area contributed by atoms with Crippen molar-refractivity contribution in [2.75, 3.05) is 6.61 Å². The summed E-state index contributed by atoms with van der Waals surface area (Å²) in [5.41, 5.74) is 3.42. The molecule has 0 radical (unpaired) electrons. The number of fused-ring (bicyclic) bond motifs is 1. The zero-order valence-corrected chi connectivity index (χ0v) is 12.8. The average molecular weight is 299 g/mol. The number of nitrogens with one attached hydrogen (secondary N) is 2. The third-order valence-corrected chi connectivity index (χ3v) is 3.98. The molecule has 0 spiro atoms. The van der Waals surface area contributed by atoms with Gasteiger partial charge in [-0.05, 0) is 43.0 Å². The first kappa shape index (κ1) is 14.6. The minimum Gasteiger partial charge on any atom is -0.494 e. The van der Waals surface area contributed by atoms with E-state index in [1.807, 2.05) is 37.4 Å². The fourth-order valence-electron chi connectivity index (χ4n) is 2.87. The lowest BCUT2D eigenvalue weighted by Gasteiger charge is -2.22. The number of aromatic nitrogens is 2. The van der Waals surface area contributed by atoms with E-state index in [1.54, 1.807) is 0 Å². The van der Waals surface area contributed by atoms with E-state index in [0.29, 0.717) is 13.0 Å². The number of nitrogens with zero attached hydrogens (tertiary/aromatic N) is 1. The molecule has 1 aliphatic carbocycles. The van der Waals surface area contributed by atoms with Crippen LogP contribution in [0.1, 0.15) is 30.2 Å². The quantitative estimate of drug-likeness (QED) is 0.887. The summed E-state index contributed by atoms with van der Waals surface area (Å²) in [6.07, 6.45) is 5.07. The predicted molar refractivity (Wildman–Crippen MR) is 83.9 cm³/mol. The lowest BCUT2D eigenvalue weighted by atomic mass is 9.93. The molecule has 2 N–H and O–H groups in total. The maximum absolute atomic E-state index is 12.2. The molecule has 1 amide bonds. The molecule has 0 bridgehead atoms. The summed E-state index contributed by atoms with van der Waals surface area (Å²) >= 11 is 0. The Labute approximate surface area is 130 Å². The van der Waals surface area contributed by atoms with Crippen LogP contribution < -0.4 is 10.1 Å². The fourth-order valence-corrected chi connectivity index (χ4v) is 2.87. The number of hydrogen-bond donors (Lipinski definition) is 2. The Morgan fingerprint density at radius 3 is 3.00 bits per heavy atom. The summed E-state index contributed by atoms with van der Waals surface area (Å²) in [6, 6.07) is 7.90. The largest absolute Gasteiger partial charge is 0.494 e. The van der Waals surface area contributed by atoms with E-state index in [1.165, 1.54) is 5.56 Å². The van der Waals surface area contributed by atoms with E-state index in [0.717, 1.165) is 36.3 Å². The number of rotatable bonds is 5. The molecule has 3 rings (SSSR count). The molecule has 0 fully saturated rings. The molecule has 1 atom stereocenters. The van der Waals surface area contributed by atoms with Crippen LogP contribution in [0, 0.1) is 0 Å². The van der Waals surface area contributed by atoms with E-state index in [4.69, 9.17) is 4.74 Å². The second kappa shape index (κ2) is 6.64. The van der Waals surface area contributed by atoms with Crippen molar-refractivity contribution >= 4 is 5.91 Å². The van der Waals surface area contributed by atoms with Crippen molar-refractivity contribution in [2.24, 2.45) is 0 Å². The fraction of sp³-hybridized carbons (Fsp3) is 0.412. The van der Waals surface area contributed by atoms with E-state index in [-0.39, 0.29) is 11.9 Å². The van der Waals surface area contributed by atoms with Crippen LogP contribution in [0.15, 0.2) is 30.5 Å². The molecule has 116 valence electrons. The van der Waals surface area contributed by atoms with Crippen LogP contribution in [0.3, 0.4) is 0 Å². The van der Waals surface area contributed by atoms with Gasteiger partial charge in [-0.25, -0.2) is 0 Å². The molecular formula is C17H21N3O2. The van der Waals surface area contributed by atoms with Crippen LogP contribution in [0.2, 0.25) is 0 Å². The second-order valence-corrected chi connectivity index (χ2v) is 5.63. The molecule has 0 aliphatic heterocycles. The molecule has 0 saturated carbocycles. The Bertz CT molecular complexity index is 634. The standard InChI is InChI=1S/C17H21N3O2/c1-2-22-15-7-3-12(4-8-15)9-17(21)19-14-6-5-13-11-18-20-16(13)10-14/h3-4,7-8,11,14H,2,5-6,9-10H2,1H3,(H,18,20)(H,19,21). The smallest absolute Gasteiger partial charge is 0.224 e. The zero-order chi connectivity index (χ0) is 15.4. The Morgan fingerprint density at radius 1 is 1.41 bits per heavy atom. The van der Waals surface area contributed by atoms with Crippen molar-refractivity contribution in [3.63, 3.8) is 0 Å². The lowest BCUT2D eigenvalue weighted by Crippen LogP contribution is -2.39. The first-order chi connectivity index (χ1) is 10.7. The summed E-state index contributed by atoms with van der Waals surface area (Å²) in [6.45, 7) is 2.60. The number of H-pyrrole nitrogens is 1. The predicted octanol–water partition coefficient (Wildman–Crippen LogP) is 2.02. The topological polar surface area (TPSA) is 67.0 Å². The third kappa shape index (κ3) is 3.47. The third-order valence-electron chi connectivity index (χ3n) is 3.98. The van der Waals surface area contributed by atoms with Gasteiger partial charge >= 0.3 is 0 Å². The van der Waals surface area contributed by atoms with Gasteiger partial charge in [-0.1, -0.05) is 12.1 Å². The highest BCUT2D eigenvalue weighted by atomic mass is 16.5. The molecule has 0 saturated heterocycles. The molecule has 1 aromatic carbocycles. The van der Waals surface area contributed by atoms with Gasteiger partial charge in [-0.3, -0.25) is 9.89 Å². The van der Waals surface area contributed by atoms with Crippen LogP contribution in [0.4, 0.5) is 0 Å². The highest BCUT2D eigenvalue weighted by Gasteiger charge is 2.21. The number of carbonyl (C=O) groups excluding carboxylic acids is 1. The summed E-state index contributed by atoms with van der Waals surface area (Å²) in [4.78, 5) is 12.2. The minimum absolute atomic E-state index is 0.0668. The number of amides is 1. The highest BCUT2D eigenvalue weighted by molar-refractivity contribution is 5.79. The number of aryl methyl sites for hydroxylation is 1. The molecule has 1 heterocycles. The molecule has 1 unspecified atom stereocenters. The average Bonchev–Trinajstić information content (AvgIpc) is 2.97. The second-order valence-electron chi connectivity index (χ2n) is 5.63. The first-order valence-corrected chi connectivity index (χ1v) is 7.77. The van der Waals surface area contributed by atoms with Crippen molar-refractivity contribution in [2.45, 2.75) is 38.6 Å². The number of aromatic amines is 1. The number of ether oxygens (including phenoxy) is 1. The van der Waals surface area contributed by atoms with Gasteiger partial charge in [-0.2, -0.15) is 5.10 Å². The highest BCUT2D eigenvalue weighted by Crippen LogP contribution is 2.19. The monoisotopic (exact) mass is 299 g/mol. The zero-order valence-electron chi connectivity index (χ0n) is 12.8. The summed E-state index contributed by atoms with van der Waals surface area (Å²) in [5, 5.41) is 10.2. The first-order valence-electron chi connectivity index (χ1n) is 7.77. The Balaban J connectivity index is 1.52. The van der Waals surface area contributed by atoms with E-state index in [2.05, 4.69) is 15.5 Å². The van der Waals surface area contributed by atoms with Gasteiger partial charge in [0.2, 0.25) is 5.91 Å². The van der Waals surface area contributed by atoms with Crippen molar-refractivity contribution in [1.29, 1.82) is 0 Å². The Hall–Kier alpha value is -2.30. The molecule has 5 nitrogen and oxygen atoms in total. The SMILES string of the molecule is CCOc1ccc(CC(=O)NC2CCc3cn[nH]c3C2)cc1. The van der Waals surface area contributed by atoms with Crippen LogP contribution in [-0.4, -0.2) is 28.8 Å². The van der Waals surface area contributed by atoms with Gasteiger partial charge in [-0.15, -0.1) is 0 Å². The summed E-state index contributed by atoms with van der Waals surface area (Å²) in [7, 11) is 0. The van der Waals surface area contributed by atoms with Gasteiger partial charge in [0.05, 0.1) is 19.2 Å². The molecule has 2 aromatic rings. The van der Waals surface area contributed by atoms with E-state index >= 15 is 0 Å². The maximum Gasteiger partial charge on any atom is 0.224 e. The molecular weight excluding hydrogens is 278 g/mol. The summed E-state index contributed by atoms with van der Waals surface area (Å²) < 4.78 is 5.40. The van der Waals surface area contributed by atoms with Gasteiger partial charge < -0.3 is 10.1 Å². The maximum atomic E-state index is 12.2. The van der Waals surface area contributed by atoms with Gasteiger partial charge in [0, 0.05) is 18.2 Å².